The molecule has 1 atom stereocenters. The van der Waals surface area contributed by atoms with Gasteiger partial charge in [-0.15, -0.1) is 0 Å². The zero-order chi connectivity index (χ0) is 14.0. The number of carbonyl (C=O) groups is 1. The van der Waals surface area contributed by atoms with E-state index in [-0.39, 0.29) is 18.1 Å². The molecule has 1 N–H and O–H groups in total. The van der Waals surface area contributed by atoms with Gasteiger partial charge in [0.1, 0.15) is 11.3 Å². The predicted molar refractivity (Wildman–Crippen MR) is 71.2 cm³/mol. The van der Waals surface area contributed by atoms with Crippen LogP contribution in [-0.4, -0.2) is 56.8 Å². The lowest BCUT2D eigenvalue weighted by Crippen LogP contribution is -2.62. The molecular weight excluding hydrogens is 268 g/mol. The lowest BCUT2D eigenvalue weighted by Gasteiger charge is -2.41. The molecule has 110 valence electrons. The van der Waals surface area contributed by atoms with E-state index in [1.54, 1.807) is 6.92 Å². The number of ether oxygens (including phenoxy) is 1. The zero-order valence-corrected chi connectivity index (χ0v) is 12.3. The molecule has 19 heavy (non-hydrogen) atoms. The number of rotatable bonds is 5. The Hall–Kier alpha value is -0.660. The fourth-order valence-corrected chi connectivity index (χ4v) is 4.34. The summed E-state index contributed by atoms with van der Waals surface area (Å²) < 4.78 is 31.7. The Morgan fingerprint density at radius 3 is 2.42 bits per heavy atom. The maximum absolute atomic E-state index is 12.1. The van der Waals surface area contributed by atoms with E-state index in [4.69, 9.17) is 0 Å². The number of carbonyl (C=O) groups excluding carboxylic acids is 1. The molecule has 1 aliphatic heterocycles. The van der Waals surface area contributed by atoms with E-state index >= 15 is 0 Å². The molecule has 0 radical (unpaired) electrons. The van der Waals surface area contributed by atoms with Crippen molar-refractivity contribution in [3.63, 3.8) is 0 Å². The van der Waals surface area contributed by atoms with Crippen LogP contribution in [0.25, 0.3) is 0 Å². The van der Waals surface area contributed by atoms with Crippen LogP contribution in [-0.2, 0) is 19.6 Å². The van der Waals surface area contributed by atoms with E-state index in [9.17, 15) is 13.2 Å². The summed E-state index contributed by atoms with van der Waals surface area (Å²) in [4.78, 5) is 13.2. The Kier molecular flexibility index (Phi) is 4.47. The molecule has 1 saturated carbocycles. The largest absolute Gasteiger partial charge is 0.468 e. The van der Waals surface area contributed by atoms with Crippen LogP contribution in [0.2, 0.25) is 0 Å². The third-order valence-electron chi connectivity index (χ3n) is 4.09. The average molecular weight is 290 g/mol. The van der Waals surface area contributed by atoms with Gasteiger partial charge in [-0.3, -0.25) is 9.69 Å². The number of nitrogens with zero attached hydrogens (tertiary/aromatic N) is 1. The number of esters is 1. The van der Waals surface area contributed by atoms with Crippen molar-refractivity contribution in [3.05, 3.63) is 0 Å². The molecule has 1 aliphatic carbocycles. The molecule has 2 rings (SSSR count). The van der Waals surface area contributed by atoms with Gasteiger partial charge in [-0.2, -0.15) is 0 Å². The van der Waals surface area contributed by atoms with Crippen molar-refractivity contribution < 1.29 is 17.9 Å². The van der Waals surface area contributed by atoms with Gasteiger partial charge in [0.25, 0.3) is 0 Å². The fourth-order valence-electron chi connectivity index (χ4n) is 2.67. The Bertz CT molecular complexity index is 425. The highest BCUT2D eigenvalue weighted by atomic mass is 32.2. The standard InChI is InChI=1S/C12H22N2O4S/c1-9(12(15)18-2)14-7-11(8-14)19(16,17)13-10-5-3-4-6-10/h9-11,13H,3-8H2,1-2H3/t9-/m0/s1. The fraction of sp³-hybridized carbons (Fsp3) is 0.917. The van der Waals surface area contributed by atoms with Crippen molar-refractivity contribution in [1.82, 2.24) is 9.62 Å². The van der Waals surface area contributed by atoms with Crippen molar-refractivity contribution in [3.8, 4) is 0 Å². The maximum Gasteiger partial charge on any atom is 0.322 e. The van der Waals surface area contributed by atoms with Crippen molar-refractivity contribution in [2.45, 2.75) is 49.9 Å². The molecule has 0 unspecified atom stereocenters. The van der Waals surface area contributed by atoms with Gasteiger partial charge in [-0.25, -0.2) is 13.1 Å². The van der Waals surface area contributed by atoms with Crippen LogP contribution >= 0.6 is 0 Å². The molecule has 0 bridgehead atoms. The second-order valence-corrected chi connectivity index (χ2v) is 7.41. The number of methoxy groups -OCH3 is 1. The van der Waals surface area contributed by atoms with Crippen LogP contribution in [0.4, 0.5) is 0 Å². The van der Waals surface area contributed by atoms with E-state index in [2.05, 4.69) is 9.46 Å². The number of hydrogen-bond donors (Lipinski definition) is 1. The first kappa shape index (κ1) is 14.7. The van der Waals surface area contributed by atoms with Crippen LogP contribution in [0.5, 0.6) is 0 Å². The first-order valence-electron chi connectivity index (χ1n) is 6.77. The molecule has 1 heterocycles. The van der Waals surface area contributed by atoms with E-state index < -0.39 is 15.3 Å². The minimum Gasteiger partial charge on any atom is -0.468 e. The highest BCUT2D eigenvalue weighted by Crippen LogP contribution is 2.23. The molecule has 1 saturated heterocycles. The quantitative estimate of drug-likeness (QED) is 0.727. The molecule has 7 heteroatoms. The van der Waals surface area contributed by atoms with Gasteiger partial charge in [0.05, 0.1) is 7.11 Å². The van der Waals surface area contributed by atoms with E-state index in [0.717, 1.165) is 25.7 Å². The summed E-state index contributed by atoms with van der Waals surface area (Å²) in [5.41, 5.74) is 0. The minimum atomic E-state index is -3.25. The van der Waals surface area contributed by atoms with Gasteiger partial charge >= 0.3 is 5.97 Å². The molecule has 0 aromatic heterocycles. The number of likely N-dealkylation sites (tertiary alicyclic amines) is 1. The minimum absolute atomic E-state index is 0.108. The molecule has 2 fully saturated rings. The molecular formula is C12H22N2O4S. The lowest BCUT2D eigenvalue weighted by atomic mass is 10.1. The van der Waals surface area contributed by atoms with Crippen LogP contribution in [0, 0.1) is 0 Å². The highest BCUT2D eigenvalue weighted by Gasteiger charge is 2.42. The van der Waals surface area contributed by atoms with Crippen LogP contribution in [0.1, 0.15) is 32.6 Å². The number of hydrogen-bond acceptors (Lipinski definition) is 5. The summed E-state index contributed by atoms with van der Waals surface area (Å²) in [6.45, 7) is 2.54. The van der Waals surface area contributed by atoms with E-state index in [1.807, 2.05) is 4.90 Å². The Balaban J connectivity index is 1.83. The third-order valence-corrected chi connectivity index (χ3v) is 5.93. The molecule has 0 aromatic carbocycles. The smallest absolute Gasteiger partial charge is 0.322 e. The van der Waals surface area contributed by atoms with Gasteiger partial charge in [-0.05, 0) is 19.8 Å². The normalized spacial score (nSPS) is 24.1. The molecule has 0 amide bonds. The lowest BCUT2D eigenvalue weighted by molar-refractivity contribution is -0.147. The first-order chi connectivity index (χ1) is 8.94. The summed E-state index contributed by atoms with van der Waals surface area (Å²) in [5, 5.41) is -0.403. The maximum atomic E-state index is 12.1. The summed E-state index contributed by atoms with van der Waals surface area (Å²) in [6, 6.07) is -0.264. The summed E-state index contributed by atoms with van der Waals surface area (Å²) >= 11 is 0. The van der Waals surface area contributed by atoms with Gasteiger partial charge < -0.3 is 4.74 Å². The molecule has 6 nitrogen and oxygen atoms in total. The predicted octanol–water partition coefficient (Wildman–Crippen LogP) is 0.0941. The second-order valence-electron chi connectivity index (χ2n) is 5.42. The van der Waals surface area contributed by atoms with Crippen molar-refractivity contribution in [2.75, 3.05) is 20.2 Å². The first-order valence-corrected chi connectivity index (χ1v) is 8.31. The van der Waals surface area contributed by atoms with Crippen molar-refractivity contribution >= 4 is 16.0 Å². The Morgan fingerprint density at radius 2 is 1.89 bits per heavy atom. The zero-order valence-electron chi connectivity index (χ0n) is 11.5. The molecule has 0 aromatic rings. The van der Waals surface area contributed by atoms with Gasteiger partial charge in [0.2, 0.25) is 10.0 Å². The summed E-state index contributed by atoms with van der Waals surface area (Å²) in [7, 11) is -1.91. The number of sulfonamides is 1. The van der Waals surface area contributed by atoms with Crippen molar-refractivity contribution in [2.24, 2.45) is 0 Å². The summed E-state index contributed by atoms with van der Waals surface area (Å²) in [6.07, 6.45) is 4.08. The Labute approximate surface area is 114 Å². The summed E-state index contributed by atoms with van der Waals surface area (Å²) in [5.74, 6) is -0.320. The van der Waals surface area contributed by atoms with Crippen LogP contribution in [0.3, 0.4) is 0 Å². The van der Waals surface area contributed by atoms with E-state index in [0.29, 0.717) is 13.1 Å². The highest BCUT2D eigenvalue weighted by molar-refractivity contribution is 7.90. The topological polar surface area (TPSA) is 75.7 Å². The van der Waals surface area contributed by atoms with E-state index in [1.165, 1.54) is 7.11 Å². The Morgan fingerprint density at radius 1 is 1.32 bits per heavy atom. The van der Waals surface area contributed by atoms with Gasteiger partial charge in [0, 0.05) is 19.1 Å². The third kappa shape index (κ3) is 3.27. The average Bonchev–Trinajstić information content (AvgIpc) is 2.77. The van der Waals surface area contributed by atoms with Gasteiger partial charge in [0.15, 0.2) is 0 Å². The SMILES string of the molecule is COC(=O)[C@H](C)N1CC(S(=O)(=O)NC2CCCC2)C1. The second kappa shape index (κ2) is 5.76. The van der Waals surface area contributed by atoms with Gasteiger partial charge in [-0.1, -0.05) is 12.8 Å². The molecule has 2 aliphatic rings. The molecule has 0 spiro atoms. The van der Waals surface area contributed by atoms with Crippen LogP contribution < -0.4 is 4.72 Å². The monoisotopic (exact) mass is 290 g/mol. The van der Waals surface area contributed by atoms with Crippen molar-refractivity contribution in [1.29, 1.82) is 0 Å². The number of nitrogens with one attached hydrogen (secondary N) is 1. The van der Waals surface area contributed by atoms with Crippen LogP contribution in [0.15, 0.2) is 0 Å².